The van der Waals surface area contributed by atoms with Crippen molar-refractivity contribution in [2.45, 2.75) is 33.2 Å². The summed E-state index contributed by atoms with van der Waals surface area (Å²) in [4.78, 5) is 11.9. The van der Waals surface area contributed by atoms with Gasteiger partial charge in [-0.25, -0.2) is 0 Å². The van der Waals surface area contributed by atoms with E-state index in [1.165, 1.54) is 0 Å². The predicted octanol–water partition coefficient (Wildman–Crippen LogP) is 4.70. The van der Waals surface area contributed by atoms with Gasteiger partial charge in [0, 0.05) is 5.92 Å². The quantitative estimate of drug-likeness (QED) is 0.839. The topological polar surface area (TPSA) is 38.3 Å². The van der Waals surface area contributed by atoms with Gasteiger partial charge in [0.2, 0.25) is 5.91 Å². The van der Waals surface area contributed by atoms with E-state index in [-0.39, 0.29) is 17.9 Å². The Morgan fingerprint density at radius 3 is 2.18 bits per heavy atom. The second-order valence-electron chi connectivity index (χ2n) is 5.52. The molecule has 0 saturated carbocycles. The molecule has 0 aromatic heterocycles. The normalized spacial score (nSPS) is 13.2. The van der Waals surface area contributed by atoms with Crippen LogP contribution < -0.4 is 10.1 Å². The lowest BCUT2D eigenvalue weighted by Gasteiger charge is -2.17. The first kappa shape index (κ1) is 16.1. The Labute approximate surface area is 132 Å². The van der Waals surface area contributed by atoms with Gasteiger partial charge in [-0.1, -0.05) is 44.2 Å². The van der Waals surface area contributed by atoms with E-state index in [2.05, 4.69) is 5.32 Å². The van der Waals surface area contributed by atoms with E-state index in [1.807, 2.05) is 75.4 Å². The number of nitrogens with one attached hydrogen (secondary N) is 1. The third-order valence-electron chi connectivity index (χ3n) is 3.78. The lowest BCUT2D eigenvalue weighted by molar-refractivity contribution is -0.125. The van der Waals surface area contributed by atoms with Gasteiger partial charge in [-0.2, -0.15) is 0 Å². The molecule has 1 amide bonds. The molecule has 2 aromatic carbocycles. The fraction of sp³-hybridized carbons (Fsp3) is 0.316. The summed E-state index contributed by atoms with van der Waals surface area (Å²) < 4.78 is 5.76. The Morgan fingerprint density at radius 1 is 1.00 bits per heavy atom. The zero-order chi connectivity index (χ0) is 15.9. The van der Waals surface area contributed by atoms with Crippen LogP contribution in [0, 0.1) is 5.92 Å². The van der Waals surface area contributed by atoms with Gasteiger partial charge in [0.25, 0.3) is 0 Å². The van der Waals surface area contributed by atoms with Crippen LogP contribution in [0.25, 0.3) is 0 Å². The van der Waals surface area contributed by atoms with Crippen LogP contribution in [0.5, 0.6) is 11.5 Å². The van der Waals surface area contributed by atoms with E-state index in [9.17, 15) is 4.79 Å². The van der Waals surface area contributed by atoms with Gasteiger partial charge in [-0.3, -0.25) is 4.79 Å². The molecule has 0 aliphatic rings. The van der Waals surface area contributed by atoms with Gasteiger partial charge in [-0.05, 0) is 43.2 Å². The summed E-state index contributed by atoms with van der Waals surface area (Å²) in [5.41, 5.74) is 1.07. The smallest absolute Gasteiger partial charge is 0.223 e. The number of carbonyl (C=O) groups excluding carboxylic acids is 1. The summed E-state index contributed by atoms with van der Waals surface area (Å²) >= 11 is 0. The Kier molecular flexibility index (Phi) is 5.59. The van der Waals surface area contributed by atoms with Gasteiger partial charge >= 0.3 is 0 Å². The van der Waals surface area contributed by atoms with E-state index in [0.29, 0.717) is 0 Å². The number of hydrogen-bond donors (Lipinski definition) is 1. The molecular formula is C19H23NO2. The van der Waals surface area contributed by atoms with E-state index < -0.39 is 0 Å². The molecule has 22 heavy (non-hydrogen) atoms. The third-order valence-corrected chi connectivity index (χ3v) is 3.78. The molecule has 0 unspecified atom stereocenters. The van der Waals surface area contributed by atoms with Gasteiger partial charge in [0.05, 0.1) is 6.04 Å². The molecule has 2 aromatic rings. The van der Waals surface area contributed by atoms with Gasteiger partial charge < -0.3 is 10.1 Å². The standard InChI is InChI=1S/C19H23NO2/c1-4-14(2)19(21)20-15(3)16-10-12-18(13-11-16)22-17-8-6-5-7-9-17/h5-15H,4H2,1-3H3,(H,20,21)/t14-,15+/m1/s1. The average molecular weight is 297 g/mol. The largest absolute Gasteiger partial charge is 0.457 e. The Hall–Kier alpha value is -2.29. The van der Waals surface area contributed by atoms with Crippen LogP contribution in [0.15, 0.2) is 54.6 Å². The second kappa shape index (κ2) is 7.64. The third kappa shape index (κ3) is 4.35. The lowest BCUT2D eigenvalue weighted by Crippen LogP contribution is -2.31. The van der Waals surface area contributed by atoms with Gasteiger partial charge in [0.15, 0.2) is 0 Å². The minimum absolute atomic E-state index is 0.00715. The number of para-hydroxylation sites is 1. The molecule has 0 radical (unpaired) electrons. The number of rotatable bonds is 6. The van der Waals surface area contributed by atoms with Crippen LogP contribution in [0.4, 0.5) is 0 Å². The number of amides is 1. The van der Waals surface area contributed by atoms with Crippen molar-refractivity contribution in [1.82, 2.24) is 5.32 Å². The van der Waals surface area contributed by atoms with Crippen molar-refractivity contribution in [3.8, 4) is 11.5 Å². The van der Waals surface area contributed by atoms with Crippen molar-refractivity contribution in [3.63, 3.8) is 0 Å². The first-order valence-corrected chi connectivity index (χ1v) is 7.73. The molecule has 2 atom stereocenters. The molecule has 2 rings (SSSR count). The molecule has 0 aliphatic heterocycles. The van der Waals surface area contributed by atoms with Crippen molar-refractivity contribution in [2.75, 3.05) is 0 Å². The van der Waals surface area contributed by atoms with Crippen LogP contribution >= 0.6 is 0 Å². The summed E-state index contributed by atoms with van der Waals surface area (Å²) in [5, 5.41) is 3.04. The maximum absolute atomic E-state index is 11.9. The molecule has 0 heterocycles. The van der Waals surface area contributed by atoms with Crippen LogP contribution in [-0.2, 0) is 4.79 Å². The molecule has 0 bridgehead atoms. The van der Waals surface area contributed by atoms with Crippen LogP contribution in [0.2, 0.25) is 0 Å². The van der Waals surface area contributed by atoms with Crippen LogP contribution in [-0.4, -0.2) is 5.91 Å². The zero-order valence-electron chi connectivity index (χ0n) is 13.4. The Balaban J connectivity index is 1.98. The number of hydrogen-bond acceptors (Lipinski definition) is 2. The maximum atomic E-state index is 11.9. The molecule has 116 valence electrons. The predicted molar refractivity (Wildman–Crippen MR) is 89.0 cm³/mol. The molecule has 0 aliphatic carbocycles. The summed E-state index contributed by atoms with van der Waals surface area (Å²) in [6.45, 7) is 5.96. The average Bonchev–Trinajstić information content (AvgIpc) is 2.55. The van der Waals surface area contributed by atoms with Gasteiger partial charge in [-0.15, -0.1) is 0 Å². The molecule has 3 heteroatoms. The summed E-state index contributed by atoms with van der Waals surface area (Å²) in [7, 11) is 0. The van der Waals surface area contributed by atoms with Crippen molar-refractivity contribution < 1.29 is 9.53 Å². The Bertz CT molecular complexity index is 593. The number of carbonyl (C=O) groups is 1. The molecular weight excluding hydrogens is 274 g/mol. The summed E-state index contributed by atoms with van der Waals surface area (Å²) in [6, 6.07) is 17.5. The monoisotopic (exact) mass is 297 g/mol. The van der Waals surface area contributed by atoms with Crippen LogP contribution in [0.1, 0.15) is 38.8 Å². The fourth-order valence-electron chi connectivity index (χ4n) is 2.07. The van der Waals surface area contributed by atoms with E-state index in [4.69, 9.17) is 4.74 Å². The SMILES string of the molecule is CC[C@@H](C)C(=O)N[C@@H](C)c1ccc(Oc2ccccc2)cc1. The summed E-state index contributed by atoms with van der Waals surface area (Å²) in [5.74, 6) is 1.74. The molecule has 3 nitrogen and oxygen atoms in total. The van der Waals surface area contributed by atoms with Crippen molar-refractivity contribution in [3.05, 3.63) is 60.2 Å². The molecule has 0 spiro atoms. The Morgan fingerprint density at radius 2 is 1.59 bits per heavy atom. The highest BCUT2D eigenvalue weighted by Crippen LogP contribution is 2.23. The van der Waals surface area contributed by atoms with Crippen LogP contribution in [0.3, 0.4) is 0 Å². The first-order valence-electron chi connectivity index (χ1n) is 7.73. The maximum Gasteiger partial charge on any atom is 0.223 e. The highest BCUT2D eigenvalue weighted by molar-refractivity contribution is 5.78. The fourth-order valence-corrected chi connectivity index (χ4v) is 2.07. The minimum Gasteiger partial charge on any atom is -0.457 e. The van der Waals surface area contributed by atoms with Crippen molar-refractivity contribution in [2.24, 2.45) is 5.92 Å². The highest BCUT2D eigenvalue weighted by Gasteiger charge is 2.14. The van der Waals surface area contributed by atoms with E-state index >= 15 is 0 Å². The molecule has 1 N–H and O–H groups in total. The lowest BCUT2D eigenvalue weighted by atomic mass is 10.1. The van der Waals surface area contributed by atoms with Gasteiger partial charge in [0.1, 0.15) is 11.5 Å². The van der Waals surface area contributed by atoms with E-state index in [1.54, 1.807) is 0 Å². The molecule has 0 fully saturated rings. The van der Waals surface area contributed by atoms with E-state index in [0.717, 1.165) is 23.5 Å². The zero-order valence-corrected chi connectivity index (χ0v) is 13.4. The highest BCUT2D eigenvalue weighted by atomic mass is 16.5. The number of benzene rings is 2. The van der Waals surface area contributed by atoms with Crippen molar-refractivity contribution in [1.29, 1.82) is 0 Å². The summed E-state index contributed by atoms with van der Waals surface area (Å²) in [6.07, 6.45) is 0.850. The second-order valence-corrected chi connectivity index (χ2v) is 5.52. The first-order chi connectivity index (χ1) is 10.6. The molecule has 0 saturated heterocycles. The minimum atomic E-state index is -0.00715. The van der Waals surface area contributed by atoms with Crippen molar-refractivity contribution >= 4 is 5.91 Å². The number of ether oxygens (including phenoxy) is 1.